The van der Waals surface area contributed by atoms with Crippen molar-refractivity contribution in [2.24, 2.45) is 5.92 Å². The van der Waals surface area contributed by atoms with E-state index in [1.807, 2.05) is 0 Å². The molecule has 2 aromatic rings. The number of esters is 1. The second-order valence-corrected chi connectivity index (χ2v) is 5.00. The summed E-state index contributed by atoms with van der Waals surface area (Å²) in [5, 5.41) is 9.35. The van der Waals surface area contributed by atoms with Crippen LogP contribution in [-0.2, 0) is 9.53 Å². The number of nitrogens with zero attached hydrogens (tertiary/aromatic N) is 4. The fourth-order valence-electron chi connectivity index (χ4n) is 2.10. The number of likely N-dealkylation sites (N-methyl/N-ethyl adjacent to an activating group) is 1. The third-order valence-corrected chi connectivity index (χ3v) is 3.32. The van der Waals surface area contributed by atoms with E-state index < -0.39 is 5.97 Å². The molecule has 0 aliphatic heterocycles. The molecule has 2 heterocycles. The lowest BCUT2D eigenvalue weighted by Gasteiger charge is -2.21. The molecule has 1 atom stereocenters. The average Bonchev–Trinajstić information content (AvgIpc) is 3.05. The summed E-state index contributed by atoms with van der Waals surface area (Å²) >= 11 is 0. The number of nitrogens with one attached hydrogen (secondary N) is 1. The molecule has 23 heavy (non-hydrogen) atoms. The Kier molecular flexibility index (Phi) is 5.25. The molecule has 0 aromatic carbocycles. The van der Waals surface area contributed by atoms with Gasteiger partial charge >= 0.3 is 5.97 Å². The summed E-state index contributed by atoms with van der Waals surface area (Å²) in [7, 11) is 0. The van der Waals surface area contributed by atoms with Crippen LogP contribution in [0.25, 0.3) is 11.0 Å². The molecule has 0 saturated heterocycles. The van der Waals surface area contributed by atoms with Crippen molar-refractivity contribution in [3.8, 4) is 6.07 Å². The second-order valence-electron chi connectivity index (χ2n) is 5.00. The lowest BCUT2D eigenvalue weighted by Crippen LogP contribution is -2.37. The zero-order valence-corrected chi connectivity index (χ0v) is 12.9. The largest absolute Gasteiger partial charge is 0.451 e. The zero-order valence-electron chi connectivity index (χ0n) is 12.9. The Bertz CT molecular complexity index is 749. The van der Waals surface area contributed by atoms with Crippen LogP contribution in [0.1, 0.15) is 24.3 Å². The molecule has 0 radical (unpaired) electrons. The minimum absolute atomic E-state index is 0.109. The van der Waals surface area contributed by atoms with Gasteiger partial charge in [0.1, 0.15) is 12.0 Å². The van der Waals surface area contributed by atoms with E-state index in [0.29, 0.717) is 24.1 Å². The quantitative estimate of drug-likeness (QED) is 0.799. The molecule has 0 aliphatic rings. The van der Waals surface area contributed by atoms with Crippen molar-refractivity contribution >= 4 is 22.9 Å². The third-order valence-electron chi connectivity index (χ3n) is 3.32. The molecule has 0 fully saturated rings. The Balaban J connectivity index is 2.00. The number of hydrogen-bond donors (Lipinski definition) is 1. The number of carbonyl (C=O) groups excluding carboxylic acids is 2. The van der Waals surface area contributed by atoms with Gasteiger partial charge in [-0.15, -0.1) is 0 Å². The number of carbonyl (C=O) groups is 2. The molecular weight excluding hydrogens is 298 g/mol. The van der Waals surface area contributed by atoms with E-state index in [1.165, 1.54) is 11.2 Å². The molecule has 8 heteroatoms. The highest BCUT2D eigenvalue weighted by Gasteiger charge is 2.19. The minimum atomic E-state index is -0.685. The molecular formula is C15H17N5O3. The van der Waals surface area contributed by atoms with Crippen molar-refractivity contribution in [2.75, 3.05) is 19.7 Å². The topological polar surface area (TPSA) is 112 Å². The number of aromatic nitrogens is 3. The Morgan fingerprint density at radius 3 is 2.96 bits per heavy atom. The Hall–Kier alpha value is -2.95. The van der Waals surface area contributed by atoms with Crippen LogP contribution in [0.2, 0.25) is 0 Å². The van der Waals surface area contributed by atoms with Gasteiger partial charge in [-0.1, -0.05) is 0 Å². The van der Waals surface area contributed by atoms with Gasteiger partial charge in [-0.25, -0.2) is 14.8 Å². The zero-order chi connectivity index (χ0) is 16.8. The first kappa shape index (κ1) is 16.4. The first-order valence-corrected chi connectivity index (χ1v) is 7.19. The highest BCUT2D eigenvalue weighted by atomic mass is 16.5. The molecule has 1 N–H and O–H groups in total. The first-order valence-electron chi connectivity index (χ1n) is 7.19. The van der Waals surface area contributed by atoms with Gasteiger partial charge in [-0.2, -0.15) is 5.26 Å². The number of H-pyrrole nitrogens is 1. The Morgan fingerprint density at radius 2 is 2.26 bits per heavy atom. The Morgan fingerprint density at radius 1 is 1.48 bits per heavy atom. The maximum absolute atomic E-state index is 12.1. The van der Waals surface area contributed by atoms with Gasteiger partial charge in [0.2, 0.25) is 0 Å². The number of hydrogen-bond acceptors (Lipinski definition) is 6. The monoisotopic (exact) mass is 315 g/mol. The highest BCUT2D eigenvalue weighted by Crippen LogP contribution is 2.13. The number of aromatic amines is 1. The molecule has 0 spiro atoms. The van der Waals surface area contributed by atoms with Gasteiger partial charge in [0.05, 0.1) is 17.4 Å². The minimum Gasteiger partial charge on any atom is -0.451 e. The standard InChI is InChI=1S/C15H17N5O3/c1-3-20(7-10(2)6-16)12(21)8-23-15(22)13-11-4-5-17-14(11)19-9-18-13/h4-5,9-10H,3,7-8H2,1-2H3,(H,17,18,19). The smallest absolute Gasteiger partial charge is 0.358 e. The van der Waals surface area contributed by atoms with Crippen LogP contribution in [0.3, 0.4) is 0 Å². The summed E-state index contributed by atoms with van der Waals surface area (Å²) < 4.78 is 5.05. The van der Waals surface area contributed by atoms with Crippen LogP contribution in [0.5, 0.6) is 0 Å². The number of rotatable bonds is 6. The van der Waals surface area contributed by atoms with Crippen LogP contribution in [0, 0.1) is 17.2 Å². The van der Waals surface area contributed by atoms with Gasteiger partial charge < -0.3 is 14.6 Å². The van der Waals surface area contributed by atoms with Crippen molar-refractivity contribution in [1.29, 1.82) is 5.26 Å². The Labute approximate surface area is 133 Å². The van der Waals surface area contributed by atoms with Crippen molar-refractivity contribution in [1.82, 2.24) is 19.9 Å². The maximum Gasteiger partial charge on any atom is 0.358 e. The van der Waals surface area contributed by atoms with Crippen LogP contribution in [0.15, 0.2) is 18.6 Å². The maximum atomic E-state index is 12.1. The normalized spacial score (nSPS) is 11.7. The van der Waals surface area contributed by atoms with Gasteiger partial charge in [-0.3, -0.25) is 4.79 Å². The van der Waals surface area contributed by atoms with E-state index in [4.69, 9.17) is 10.00 Å². The average molecular weight is 315 g/mol. The van der Waals surface area contributed by atoms with Crippen LogP contribution in [-0.4, -0.2) is 51.4 Å². The summed E-state index contributed by atoms with van der Waals surface area (Å²) in [5.41, 5.74) is 0.633. The number of nitriles is 1. The fourth-order valence-corrected chi connectivity index (χ4v) is 2.10. The summed E-state index contributed by atoms with van der Waals surface area (Å²) in [6.07, 6.45) is 2.90. The lowest BCUT2D eigenvalue weighted by molar-refractivity contribution is -0.134. The van der Waals surface area contributed by atoms with Gasteiger partial charge in [0.25, 0.3) is 5.91 Å². The SMILES string of the molecule is CCN(CC(C)C#N)C(=O)COC(=O)c1ncnc2[nH]ccc12. The van der Waals surface area contributed by atoms with E-state index in [9.17, 15) is 9.59 Å². The summed E-state index contributed by atoms with van der Waals surface area (Å²) in [6.45, 7) is 3.89. The van der Waals surface area contributed by atoms with E-state index in [0.717, 1.165) is 0 Å². The first-order chi connectivity index (χ1) is 11.1. The third kappa shape index (κ3) is 3.83. The van der Waals surface area contributed by atoms with Gasteiger partial charge in [0, 0.05) is 19.3 Å². The summed E-state index contributed by atoms with van der Waals surface area (Å²) in [4.78, 5) is 36.4. The number of amides is 1. The van der Waals surface area contributed by atoms with Crippen molar-refractivity contribution in [3.63, 3.8) is 0 Å². The molecule has 2 aromatic heterocycles. The van der Waals surface area contributed by atoms with E-state index in [2.05, 4.69) is 21.0 Å². The van der Waals surface area contributed by atoms with E-state index >= 15 is 0 Å². The summed E-state index contributed by atoms with van der Waals surface area (Å²) in [5.74, 6) is -1.31. The molecule has 1 amide bonds. The molecule has 1 unspecified atom stereocenters. The number of ether oxygens (including phenoxy) is 1. The van der Waals surface area contributed by atoms with Crippen LogP contribution in [0.4, 0.5) is 0 Å². The number of fused-ring (bicyclic) bond motifs is 1. The highest BCUT2D eigenvalue weighted by molar-refractivity contribution is 6.01. The molecule has 2 rings (SSSR count). The van der Waals surface area contributed by atoms with E-state index in [1.54, 1.807) is 26.1 Å². The molecule has 0 bridgehead atoms. The second kappa shape index (κ2) is 7.35. The fraction of sp³-hybridized carbons (Fsp3) is 0.400. The van der Waals surface area contributed by atoms with Crippen molar-refractivity contribution in [3.05, 3.63) is 24.3 Å². The molecule has 8 nitrogen and oxygen atoms in total. The van der Waals surface area contributed by atoms with Gasteiger partial charge in [-0.05, 0) is 19.9 Å². The summed E-state index contributed by atoms with van der Waals surface area (Å²) in [6, 6.07) is 3.74. The molecule has 0 saturated carbocycles. The van der Waals surface area contributed by atoms with Crippen LogP contribution < -0.4 is 0 Å². The van der Waals surface area contributed by atoms with Gasteiger partial charge in [0.15, 0.2) is 12.3 Å². The predicted octanol–water partition coefficient (Wildman–Crippen LogP) is 1.12. The molecule has 0 aliphatic carbocycles. The van der Waals surface area contributed by atoms with Crippen molar-refractivity contribution < 1.29 is 14.3 Å². The van der Waals surface area contributed by atoms with Crippen LogP contribution >= 0.6 is 0 Å². The van der Waals surface area contributed by atoms with Crippen molar-refractivity contribution in [2.45, 2.75) is 13.8 Å². The van der Waals surface area contributed by atoms with E-state index in [-0.39, 0.29) is 24.1 Å². The lowest BCUT2D eigenvalue weighted by atomic mass is 10.2. The molecule has 120 valence electrons. The predicted molar refractivity (Wildman–Crippen MR) is 81.2 cm³/mol.